The highest BCUT2D eigenvalue weighted by Gasteiger charge is 2.13. The summed E-state index contributed by atoms with van der Waals surface area (Å²) >= 11 is 0. The van der Waals surface area contributed by atoms with Crippen molar-refractivity contribution in [3.8, 4) is 0 Å². The molecule has 0 aliphatic heterocycles. The van der Waals surface area contributed by atoms with E-state index in [4.69, 9.17) is 5.73 Å². The molecule has 96 valence electrons. The summed E-state index contributed by atoms with van der Waals surface area (Å²) in [6.45, 7) is 3.73. The number of H-pyrrole nitrogens is 1. The largest absolute Gasteiger partial charge is 0.342 e. The topological polar surface area (TPSA) is 75.0 Å². The number of nitrogens with two attached hydrogens (primary N) is 1. The van der Waals surface area contributed by atoms with Crippen molar-refractivity contribution in [2.45, 2.75) is 26.3 Å². The number of carbonyl (C=O) groups is 1. The standard InChI is InChI=1S/C13H18N4O/c1-8(14)6-13(18)17(3)10-4-5-11-12(7-10)16-9(2)15-11/h4-5,7-8H,6,14H2,1-3H3,(H,15,16). The summed E-state index contributed by atoms with van der Waals surface area (Å²) in [5.74, 6) is 0.882. The van der Waals surface area contributed by atoms with Crippen LogP contribution in [0.2, 0.25) is 0 Å². The van der Waals surface area contributed by atoms with Crippen LogP contribution in [0.3, 0.4) is 0 Å². The van der Waals surface area contributed by atoms with Gasteiger partial charge in [0.15, 0.2) is 0 Å². The second-order valence-electron chi connectivity index (χ2n) is 4.66. The van der Waals surface area contributed by atoms with Gasteiger partial charge in [0.2, 0.25) is 5.91 Å². The fourth-order valence-corrected chi connectivity index (χ4v) is 1.89. The maximum Gasteiger partial charge on any atom is 0.228 e. The summed E-state index contributed by atoms with van der Waals surface area (Å²) < 4.78 is 0. The highest BCUT2D eigenvalue weighted by Crippen LogP contribution is 2.20. The zero-order valence-corrected chi connectivity index (χ0v) is 10.9. The van der Waals surface area contributed by atoms with Crippen LogP contribution in [0.4, 0.5) is 5.69 Å². The molecule has 1 unspecified atom stereocenters. The molecule has 0 fully saturated rings. The van der Waals surface area contributed by atoms with Gasteiger partial charge < -0.3 is 15.6 Å². The molecule has 1 aromatic heterocycles. The molecule has 1 heterocycles. The zero-order valence-electron chi connectivity index (χ0n) is 10.9. The number of fused-ring (bicyclic) bond motifs is 1. The van der Waals surface area contributed by atoms with Gasteiger partial charge in [-0.05, 0) is 32.0 Å². The number of imidazole rings is 1. The molecule has 0 bridgehead atoms. The second-order valence-corrected chi connectivity index (χ2v) is 4.66. The number of rotatable bonds is 3. The quantitative estimate of drug-likeness (QED) is 0.863. The third-order valence-corrected chi connectivity index (χ3v) is 2.84. The smallest absolute Gasteiger partial charge is 0.228 e. The van der Waals surface area contributed by atoms with Crippen LogP contribution in [0.1, 0.15) is 19.2 Å². The van der Waals surface area contributed by atoms with Crippen molar-refractivity contribution in [2.24, 2.45) is 5.73 Å². The Morgan fingerprint density at radius 1 is 1.56 bits per heavy atom. The predicted octanol–water partition coefficient (Wildman–Crippen LogP) is 1.57. The van der Waals surface area contributed by atoms with Crippen LogP contribution in [0, 0.1) is 6.92 Å². The fraction of sp³-hybridized carbons (Fsp3) is 0.385. The molecule has 2 aromatic rings. The van der Waals surface area contributed by atoms with Gasteiger partial charge in [0.05, 0.1) is 11.0 Å². The molecule has 5 heteroatoms. The third-order valence-electron chi connectivity index (χ3n) is 2.84. The highest BCUT2D eigenvalue weighted by atomic mass is 16.2. The summed E-state index contributed by atoms with van der Waals surface area (Å²) in [7, 11) is 1.76. The number of aromatic amines is 1. The molecule has 0 aliphatic rings. The van der Waals surface area contributed by atoms with E-state index in [0.29, 0.717) is 6.42 Å². The number of nitrogens with zero attached hydrogens (tertiary/aromatic N) is 2. The molecular formula is C13H18N4O. The predicted molar refractivity (Wildman–Crippen MR) is 72.5 cm³/mol. The van der Waals surface area contributed by atoms with Crippen molar-refractivity contribution in [2.75, 3.05) is 11.9 Å². The van der Waals surface area contributed by atoms with Crippen molar-refractivity contribution in [1.82, 2.24) is 9.97 Å². The fourth-order valence-electron chi connectivity index (χ4n) is 1.89. The van der Waals surface area contributed by atoms with Crippen molar-refractivity contribution in [3.63, 3.8) is 0 Å². The Balaban J connectivity index is 2.27. The Morgan fingerprint density at radius 2 is 2.28 bits per heavy atom. The van der Waals surface area contributed by atoms with Crippen LogP contribution in [0.5, 0.6) is 0 Å². The molecule has 0 spiro atoms. The van der Waals surface area contributed by atoms with Crippen molar-refractivity contribution in [1.29, 1.82) is 0 Å². The van der Waals surface area contributed by atoms with Crippen LogP contribution >= 0.6 is 0 Å². The summed E-state index contributed by atoms with van der Waals surface area (Å²) in [6, 6.07) is 5.60. The van der Waals surface area contributed by atoms with E-state index >= 15 is 0 Å². The van der Waals surface area contributed by atoms with Gasteiger partial charge in [-0.2, -0.15) is 0 Å². The minimum atomic E-state index is -0.127. The second kappa shape index (κ2) is 4.78. The van der Waals surface area contributed by atoms with E-state index < -0.39 is 0 Å². The number of hydrogen-bond donors (Lipinski definition) is 2. The SMILES string of the molecule is Cc1nc2ccc(N(C)C(=O)CC(C)N)cc2[nH]1. The Hall–Kier alpha value is -1.88. The molecule has 0 aliphatic carbocycles. The van der Waals surface area contributed by atoms with Crippen molar-refractivity contribution < 1.29 is 4.79 Å². The summed E-state index contributed by atoms with van der Waals surface area (Å²) in [4.78, 5) is 21.0. The molecule has 1 aromatic carbocycles. The van der Waals surface area contributed by atoms with E-state index in [2.05, 4.69) is 9.97 Å². The Kier molecular flexibility index (Phi) is 3.34. The monoisotopic (exact) mass is 246 g/mol. The van der Waals surface area contributed by atoms with Crippen molar-refractivity contribution >= 4 is 22.6 Å². The lowest BCUT2D eigenvalue weighted by molar-refractivity contribution is -0.118. The average Bonchev–Trinajstić information content (AvgIpc) is 2.65. The lowest BCUT2D eigenvalue weighted by Gasteiger charge is -2.18. The molecule has 18 heavy (non-hydrogen) atoms. The summed E-state index contributed by atoms with van der Waals surface area (Å²) in [5.41, 5.74) is 8.33. The maximum absolute atomic E-state index is 11.9. The van der Waals surface area contributed by atoms with Crippen LogP contribution in [0.15, 0.2) is 18.2 Å². The van der Waals surface area contributed by atoms with Gasteiger partial charge in [0, 0.05) is 25.2 Å². The number of benzene rings is 1. The molecular weight excluding hydrogens is 228 g/mol. The Morgan fingerprint density at radius 3 is 2.94 bits per heavy atom. The average molecular weight is 246 g/mol. The lowest BCUT2D eigenvalue weighted by atomic mass is 10.2. The number of aryl methyl sites for hydroxylation is 1. The normalized spacial score (nSPS) is 12.7. The molecule has 3 N–H and O–H groups in total. The first-order valence-electron chi connectivity index (χ1n) is 5.96. The number of carbonyl (C=O) groups excluding carboxylic acids is 1. The number of nitrogens with one attached hydrogen (secondary N) is 1. The number of aromatic nitrogens is 2. The minimum Gasteiger partial charge on any atom is -0.342 e. The van der Waals surface area contributed by atoms with E-state index in [1.807, 2.05) is 32.0 Å². The molecule has 0 saturated heterocycles. The molecule has 1 amide bonds. The van der Waals surface area contributed by atoms with E-state index in [1.54, 1.807) is 11.9 Å². The van der Waals surface area contributed by atoms with Gasteiger partial charge >= 0.3 is 0 Å². The first-order valence-corrected chi connectivity index (χ1v) is 5.96. The van der Waals surface area contributed by atoms with Crippen LogP contribution < -0.4 is 10.6 Å². The van der Waals surface area contributed by atoms with E-state index in [9.17, 15) is 4.79 Å². The van der Waals surface area contributed by atoms with E-state index in [-0.39, 0.29) is 11.9 Å². The van der Waals surface area contributed by atoms with Gasteiger partial charge in [-0.15, -0.1) is 0 Å². The molecule has 2 rings (SSSR count). The van der Waals surface area contributed by atoms with Gasteiger partial charge in [-0.3, -0.25) is 4.79 Å². The zero-order chi connectivity index (χ0) is 13.3. The number of amides is 1. The van der Waals surface area contributed by atoms with E-state index in [1.165, 1.54) is 0 Å². The van der Waals surface area contributed by atoms with Crippen LogP contribution in [0.25, 0.3) is 11.0 Å². The molecule has 0 radical (unpaired) electrons. The lowest BCUT2D eigenvalue weighted by Crippen LogP contribution is -2.31. The summed E-state index contributed by atoms with van der Waals surface area (Å²) in [5, 5.41) is 0. The van der Waals surface area contributed by atoms with Gasteiger partial charge in [-0.25, -0.2) is 4.98 Å². The number of anilines is 1. The summed E-state index contributed by atoms with van der Waals surface area (Å²) in [6.07, 6.45) is 0.344. The number of hydrogen-bond acceptors (Lipinski definition) is 3. The van der Waals surface area contributed by atoms with Gasteiger partial charge in [-0.1, -0.05) is 0 Å². The van der Waals surface area contributed by atoms with E-state index in [0.717, 1.165) is 22.5 Å². The minimum absolute atomic E-state index is 0.0144. The Bertz CT molecular complexity index is 573. The first-order chi connectivity index (χ1) is 8.47. The third kappa shape index (κ3) is 2.51. The highest BCUT2D eigenvalue weighted by molar-refractivity contribution is 5.95. The van der Waals surface area contributed by atoms with Gasteiger partial charge in [0.1, 0.15) is 5.82 Å². The Labute approximate surface area is 106 Å². The maximum atomic E-state index is 11.9. The molecule has 5 nitrogen and oxygen atoms in total. The molecule has 0 saturated carbocycles. The van der Waals surface area contributed by atoms with Crippen LogP contribution in [-0.2, 0) is 4.79 Å². The van der Waals surface area contributed by atoms with Crippen molar-refractivity contribution in [3.05, 3.63) is 24.0 Å². The van der Waals surface area contributed by atoms with Gasteiger partial charge in [0.25, 0.3) is 0 Å². The van der Waals surface area contributed by atoms with Crippen LogP contribution in [-0.4, -0.2) is 29.0 Å². The first kappa shape index (κ1) is 12.6. The molecule has 1 atom stereocenters.